The van der Waals surface area contributed by atoms with Crippen LogP contribution < -0.4 is 10.6 Å². The Balaban J connectivity index is 1.61. The van der Waals surface area contributed by atoms with Crippen molar-refractivity contribution in [2.75, 3.05) is 5.32 Å². The Hall–Kier alpha value is -2.73. The average Bonchev–Trinajstić information content (AvgIpc) is 2.62. The summed E-state index contributed by atoms with van der Waals surface area (Å²) >= 11 is 0. The third-order valence-corrected chi connectivity index (χ3v) is 4.82. The molecule has 2 aromatic rings. The van der Waals surface area contributed by atoms with Crippen molar-refractivity contribution in [2.45, 2.75) is 37.8 Å². The van der Waals surface area contributed by atoms with Crippen molar-refractivity contribution in [2.24, 2.45) is 0 Å². The van der Waals surface area contributed by atoms with Gasteiger partial charge >= 0.3 is 0 Å². The van der Waals surface area contributed by atoms with Gasteiger partial charge < -0.3 is 10.6 Å². The third kappa shape index (κ3) is 2.88. The first-order chi connectivity index (χ1) is 11.7. The predicted molar refractivity (Wildman–Crippen MR) is 95.8 cm³/mol. The summed E-state index contributed by atoms with van der Waals surface area (Å²) in [7, 11) is 0. The molecule has 0 saturated heterocycles. The van der Waals surface area contributed by atoms with Gasteiger partial charge in [-0.15, -0.1) is 0 Å². The minimum atomic E-state index is -0.250. The second-order valence-electron chi connectivity index (χ2n) is 6.60. The molecule has 2 N–H and O–H groups in total. The zero-order valence-electron chi connectivity index (χ0n) is 13.6. The predicted octanol–water partition coefficient (Wildman–Crippen LogP) is 3.90. The molecule has 0 radical (unpaired) electrons. The first kappa shape index (κ1) is 14.8. The van der Waals surface area contributed by atoms with Gasteiger partial charge in [0.15, 0.2) is 0 Å². The Morgan fingerprint density at radius 3 is 2.38 bits per heavy atom. The van der Waals surface area contributed by atoms with Crippen LogP contribution in [0.15, 0.2) is 48.5 Å². The number of anilines is 1. The van der Waals surface area contributed by atoms with Crippen molar-refractivity contribution >= 4 is 11.6 Å². The highest BCUT2D eigenvalue weighted by Crippen LogP contribution is 2.34. The largest absolute Gasteiger partial charge is 0.362 e. The lowest BCUT2D eigenvalue weighted by atomic mass is 9.86. The van der Waals surface area contributed by atoms with Crippen molar-refractivity contribution in [3.63, 3.8) is 0 Å². The van der Waals surface area contributed by atoms with E-state index < -0.39 is 0 Å². The average molecular weight is 316 g/mol. The zero-order valence-corrected chi connectivity index (χ0v) is 13.6. The van der Waals surface area contributed by atoms with Crippen molar-refractivity contribution < 1.29 is 4.79 Å². The van der Waals surface area contributed by atoms with E-state index in [0.29, 0.717) is 5.56 Å². The number of rotatable bonds is 0. The molecule has 1 amide bonds. The number of fused-ring (bicyclic) bond motifs is 1. The van der Waals surface area contributed by atoms with Crippen molar-refractivity contribution in [1.82, 2.24) is 5.32 Å². The summed E-state index contributed by atoms with van der Waals surface area (Å²) in [5.41, 5.74) is 3.18. The zero-order chi connectivity index (χ0) is 16.4. The Labute approximate surface area is 142 Å². The van der Waals surface area contributed by atoms with E-state index >= 15 is 0 Å². The fourth-order valence-electron chi connectivity index (χ4n) is 3.56. The maximum Gasteiger partial charge on any atom is 0.255 e. The van der Waals surface area contributed by atoms with E-state index in [1.165, 1.54) is 6.42 Å². The van der Waals surface area contributed by atoms with E-state index in [4.69, 9.17) is 0 Å². The maximum atomic E-state index is 12.6. The summed E-state index contributed by atoms with van der Waals surface area (Å²) in [6, 6.07) is 15.7. The number of carbonyl (C=O) groups excluding carboxylic acids is 1. The van der Waals surface area contributed by atoms with Gasteiger partial charge in [-0.3, -0.25) is 4.79 Å². The summed E-state index contributed by atoms with van der Waals surface area (Å²) in [5, 5.41) is 6.75. The van der Waals surface area contributed by atoms with Crippen LogP contribution in [0.1, 0.15) is 53.6 Å². The molecule has 3 nitrogen and oxygen atoms in total. The van der Waals surface area contributed by atoms with Crippen molar-refractivity contribution in [3.8, 4) is 11.8 Å². The first-order valence-electron chi connectivity index (χ1n) is 8.56. The van der Waals surface area contributed by atoms with Crippen LogP contribution in [0.4, 0.5) is 5.69 Å². The molecule has 1 aliphatic carbocycles. The van der Waals surface area contributed by atoms with Gasteiger partial charge in [-0.05, 0) is 56.0 Å². The van der Waals surface area contributed by atoms with Crippen LogP contribution in [-0.4, -0.2) is 11.6 Å². The van der Waals surface area contributed by atoms with Gasteiger partial charge in [-0.2, -0.15) is 0 Å². The van der Waals surface area contributed by atoms with Crippen LogP contribution in [0.3, 0.4) is 0 Å². The minimum Gasteiger partial charge on any atom is -0.362 e. The SMILES string of the molecule is O=C1NC2(CCCCC2)Nc2ccc(C#Cc3ccccc3)cc21. The van der Waals surface area contributed by atoms with Gasteiger partial charge in [0.05, 0.1) is 5.56 Å². The molecule has 1 aliphatic heterocycles. The van der Waals surface area contributed by atoms with Gasteiger partial charge in [0.25, 0.3) is 5.91 Å². The standard InChI is InChI=1S/C21H20N2O/c24-20-18-15-17(10-9-16-7-3-1-4-8-16)11-12-19(18)22-21(23-20)13-5-2-6-14-21/h1,3-4,7-8,11-12,15,22H,2,5-6,13-14H2,(H,23,24). The molecule has 0 aromatic heterocycles. The van der Waals surface area contributed by atoms with E-state index in [9.17, 15) is 4.79 Å². The molecule has 1 spiro atoms. The lowest BCUT2D eigenvalue weighted by Crippen LogP contribution is -2.58. The van der Waals surface area contributed by atoms with Crippen molar-refractivity contribution in [3.05, 3.63) is 65.2 Å². The van der Waals surface area contributed by atoms with Crippen LogP contribution in [0.25, 0.3) is 0 Å². The highest BCUT2D eigenvalue weighted by Gasteiger charge is 2.38. The van der Waals surface area contributed by atoms with Gasteiger partial charge in [-0.1, -0.05) is 36.5 Å². The normalized spacial score (nSPS) is 17.9. The molecule has 3 heteroatoms. The highest BCUT2D eigenvalue weighted by molar-refractivity contribution is 6.02. The van der Waals surface area contributed by atoms with E-state index in [-0.39, 0.29) is 11.6 Å². The molecule has 0 unspecified atom stereocenters. The maximum absolute atomic E-state index is 12.6. The highest BCUT2D eigenvalue weighted by atomic mass is 16.2. The fraction of sp³-hybridized carbons (Fsp3) is 0.286. The van der Waals surface area contributed by atoms with E-state index in [2.05, 4.69) is 22.5 Å². The number of benzene rings is 2. The van der Waals surface area contributed by atoms with Gasteiger partial charge in [0.1, 0.15) is 5.66 Å². The minimum absolute atomic E-state index is 0.00834. The molecule has 2 aliphatic rings. The summed E-state index contributed by atoms with van der Waals surface area (Å²) in [4.78, 5) is 12.6. The second-order valence-corrected chi connectivity index (χ2v) is 6.60. The Morgan fingerprint density at radius 2 is 1.58 bits per heavy atom. The molecule has 24 heavy (non-hydrogen) atoms. The molecule has 1 heterocycles. The van der Waals surface area contributed by atoms with Crippen LogP contribution in [0.2, 0.25) is 0 Å². The number of carbonyl (C=O) groups is 1. The lowest BCUT2D eigenvalue weighted by Gasteiger charge is -2.43. The smallest absolute Gasteiger partial charge is 0.255 e. The number of hydrogen-bond donors (Lipinski definition) is 2. The summed E-state index contributed by atoms with van der Waals surface area (Å²) in [6.45, 7) is 0. The van der Waals surface area contributed by atoms with Gasteiger partial charge in [0.2, 0.25) is 0 Å². The van der Waals surface area contributed by atoms with E-state index in [0.717, 1.165) is 42.5 Å². The molecule has 1 fully saturated rings. The molecule has 4 rings (SSSR count). The van der Waals surface area contributed by atoms with Crippen LogP contribution >= 0.6 is 0 Å². The van der Waals surface area contributed by atoms with E-state index in [1.807, 2.05) is 48.5 Å². The Bertz CT molecular complexity index is 824. The number of nitrogens with one attached hydrogen (secondary N) is 2. The molecule has 120 valence electrons. The molecule has 2 aromatic carbocycles. The second kappa shape index (κ2) is 6.05. The quantitative estimate of drug-likeness (QED) is 0.724. The molecule has 0 bridgehead atoms. The third-order valence-electron chi connectivity index (χ3n) is 4.82. The van der Waals surface area contributed by atoms with Crippen LogP contribution in [0, 0.1) is 11.8 Å². The van der Waals surface area contributed by atoms with Crippen LogP contribution in [0.5, 0.6) is 0 Å². The molecular formula is C21H20N2O. The number of hydrogen-bond acceptors (Lipinski definition) is 2. The van der Waals surface area contributed by atoms with E-state index in [1.54, 1.807) is 0 Å². The topological polar surface area (TPSA) is 41.1 Å². The number of amides is 1. The summed E-state index contributed by atoms with van der Waals surface area (Å²) < 4.78 is 0. The van der Waals surface area contributed by atoms with Crippen LogP contribution in [-0.2, 0) is 0 Å². The Kier molecular flexibility index (Phi) is 3.74. The van der Waals surface area contributed by atoms with Crippen molar-refractivity contribution in [1.29, 1.82) is 0 Å². The first-order valence-corrected chi connectivity index (χ1v) is 8.56. The lowest BCUT2D eigenvalue weighted by molar-refractivity contribution is 0.0876. The summed E-state index contributed by atoms with van der Waals surface area (Å²) in [5.74, 6) is 6.29. The molecule has 0 atom stereocenters. The van der Waals surface area contributed by atoms with Gasteiger partial charge in [0, 0.05) is 16.8 Å². The monoisotopic (exact) mass is 316 g/mol. The Morgan fingerprint density at radius 1 is 0.833 bits per heavy atom. The van der Waals surface area contributed by atoms with Gasteiger partial charge in [-0.25, -0.2) is 0 Å². The molecular weight excluding hydrogens is 296 g/mol. The molecule has 1 saturated carbocycles. The fourth-order valence-corrected chi connectivity index (χ4v) is 3.56. The summed E-state index contributed by atoms with van der Waals surface area (Å²) in [6.07, 6.45) is 5.55.